The van der Waals surface area contributed by atoms with Gasteiger partial charge in [-0.05, 0) is 31.2 Å². The molecule has 0 aliphatic heterocycles. The lowest BCUT2D eigenvalue weighted by atomic mass is 10.3. The summed E-state index contributed by atoms with van der Waals surface area (Å²) in [6.07, 6.45) is 3.35. The van der Waals surface area contributed by atoms with Crippen LogP contribution in [0.25, 0.3) is 0 Å². The Bertz CT molecular complexity index is 701. The number of rotatable bonds is 6. The van der Waals surface area contributed by atoms with Crippen molar-refractivity contribution in [1.29, 1.82) is 0 Å². The maximum absolute atomic E-state index is 13.6. The topological polar surface area (TPSA) is 73.2 Å². The zero-order valence-electron chi connectivity index (χ0n) is 11.7. The smallest absolute Gasteiger partial charge is 0.240 e. The van der Waals surface area contributed by atoms with Crippen molar-refractivity contribution in [3.05, 3.63) is 42.5 Å². The van der Waals surface area contributed by atoms with Crippen LogP contribution in [-0.4, -0.2) is 31.3 Å². The van der Waals surface area contributed by atoms with Gasteiger partial charge in [0, 0.05) is 18.4 Å². The second-order valence-electron chi connectivity index (χ2n) is 4.55. The molecule has 0 saturated carbocycles. The molecule has 8 heteroatoms. The summed E-state index contributed by atoms with van der Waals surface area (Å²) in [5.41, 5.74) is 0. The molecule has 2 rings (SSSR count). The lowest BCUT2D eigenvalue weighted by Gasteiger charge is -2.14. The van der Waals surface area contributed by atoms with E-state index >= 15 is 0 Å². The third kappa shape index (κ3) is 3.79. The summed E-state index contributed by atoms with van der Waals surface area (Å²) in [5, 5.41) is 4.00. The van der Waals surface area contributed by atoms with Crippen molar-refractivity contribution in [3.63, 3.8) is 0 Å². The number of sulfonamides is 1. The number of hydrogen-bond acceptors (Lipinski definition) is 4. The Hall–Kier alpha value is -1.93. The highest BCUT2D eigenvalue weighted by Crippen LogP contribution is 2.20. The van der Waals surface area contributed by atoms with E-state index in [0.717, 1.165) is 6.07 Å². The molecule has 6 nitrogen and oxygen atoms in total. The number of aromatic nitrogens is 2. The van der Waals surface area contributed by atoms with Crippen LogP contribution in [0.2, 0.25) is 0 Å². The Balaban J connectivity index is 2.12. The van der Waals surface area contributed by atoms with Crippen molar-refractivity contribution in [2.75, 3.05) is 7.11 Å². The second-order valence-corrected chi connectivity index (χ2v) is 6.26. The van der Waals surface area contributed by atoms with E-state index in [1.807, 2.05) is 0 Å². The van der Waals surface area contributed by atoms with Gasteiger partial charge in [-0.1, -0.05) is 0 Å². The van der Waals surface area contributed by atoms with Crippen molar-refractivity contribution < 1.29 is 17.5 Å². The summed E-state index contributed by atoms with van der Waals surface area (Å²) in [5.74, 6) is -0.723. The number of nitrogens with one attached hydrogen (secondary N) is 1. The monoisotopic (exact) mass is 313 g/mol. The van der Waals surface area contributed by atoms with E-state index in [4.69, 9.17) is 4.74 Å². The SMILES string of the molecule is COc1ccc(S(=O)(=O)NC(C)Cn2cccn2)cc1F. The average molecular weight is 313 g/mol. The fraction of sp³-hybridized carbons (Fsp3) is 0.308. The first-order valence-electron chi connectivity index (χ1n) is 6.25. The molecule has 0 amide bonds. The molecule has 0 aliphatic carbocycles. The van der Waals surface area contributed by atoms with E-state index in [0.29, 0.717) is 6.54 Å². The summed E-state index contributed by atoms with van der Waals surface area (Å²) in [6.45, 7) is 2.09. The van der Waals surface area contributed by atoms with Gasteiger partial charge < -0.3 is 4.74 Å². The minimum Gasteiger partial charge on any atom is -0.494 e. The van der Waals surface area contributed by atoms with Gasteiger partial charge in [0.15, 0.2) is 11.6 Å². The third-order valence-electron chi connectivity index (χ3n) is 2.81. The lowest BCUT2D eigenvalue weighted by Crippen LogP contribution is -2.35. The third-order valence-corrected chi connectivity index (χ3v) is 4.40. The Labute approximate surface area is 122 Å². The predicted molar refractivity (Wildman–Crippen MR) is 75.0 cm³/mol. The van der Waals surface area contributed by atoms with Crippen LogP contribution in [0.5, 0.6) is 5.75 Å². The molecule has 21 heavy (non-hydrogen) atoms. The zero-order valence-corrected chi connectivity index (χ0v) is 12.5. The van der Waals surface area contributed by atoms with Crippen molar-refractivity contribution in [3.8, 4) is 5.75 Å². The minimum absolute atomic E-state index is 0.00135. The first-order chi connectivity index (χ1) is 9.92. The quantitative estimate of drug-likeness (QED) is 0.875. The first-order valence-corrected chi connectivity index (χ1v) is 7.74. The number of hydrogen-bond donors (Lipinski definition) is 1. The molecular weight excluding hydrogens is 297 g/mol. The Morgan fingerprint density at radius 2 is 2.24 bits per heavy atom. The molecular formula is C13H16FN3O3S. The summed E-state index contributed by atoms with van der Waals surface area (Å²) in [6, 6.07) is 4.87. The van der Waals surface area contributed by atoms with Gasteiger partial charge in [0.2, 0.25) is 10.0 Å². The molecule has 1 unspecified atom stereocenters. The highest BCUT2D eigenvalue weighted by molar-refractivity contribution is 7.89. The van der Waals surface area contributed by atoms with E-state index in [1.54, 1.807) is 30.1 Å². The number of nitrogens with zero attached hydrogens (tertiary/aromatic N) is 2. The molecule has 1 atom stereocenters. The summed E-state index contributed by atoms with van der Waals surface area (Å²) in [7, 11) is -2.48. The van der Waals surface area contributed by atoms with Crippen LogP contribution in [0.1, 0.15) is 6.92 Å². The van der Waals surface area contributed by atoms with Crippen molar-refractivity contribution in [2.45, 2.75) is 24.4 Å². The fourth-order valence-electron chi connectivity index (χ4n) is 1.87. The van der Waals surface area contributed by atoms with E-state index in [-0.39, 0.29) is 16.7 Å². The predicted octanol–water partition coefficient (Wildman–Crippen LogP) is 1.40. The highest BCUT2D eigenvalue weighted by atomic mass is 32.2. The van der Waals surface area contributed by atoms with Gasteiger partial charge in [-0.25, -0.2) is 17.5 Å². The maximum Gasteiger partial charge on any atom is 0.240 e. The molecule has 1 heterocycles. The molecule has 0 aliphatic rings. The Kier molecular flexibility index (Phi) is 4.59. The van der Waals surface area contributed by atoms with E-state index in [2.05, 4.69) is 9.82 Å². The summed E-state index contributed by atoms with van der Waals surface area (Å²) in [4.78, 5) is -0.145. The van der Waals surface area contributed by atoms with Crippen molar-refractivity contribution >= 4 is 10.0 Å². The van der Waals surface area contributed by atoms with Gasteiger partial charge in [-0.3, -0.25) is 4.68 Å². The van der Waals surface area contributed by atoms with Crippen LogP contribution in [0.3, 0.4) is 0 Å². The van der Waals surface area contributed by atoms with Crippen LogP contribution in [0.15, 0.2) is 41.6 Å². The normalized spacial score (nSPS) is 13.1. The van der Waals surface area contributed by atoms with Gasteiger partial charge in [-0.15, -0.1) is 0 Å². The average Bonchev–Trinajstić information content (AvgIpc) is 2.90. The minimum atomic E-state index is -3.80. The number of methoxy groups -OCH3 is 1. The van der Waals surface area contributed by atoms with Gasteiger partial charge in [0.25, 0.3) is 0 Å². The molecule has 1 N–H and O–H groups in total. The van der Waals surface area contributed by atoms with Crippen LogP contribution in [0, 0.1) is 5.82 Å². The second kappa shape index (κ2) is 6.23. The van der Waals surface area contributed by atoms with Crippen LogP contribution < -0.4 is 9.46 Å². The van der Waals surface area contributed by atoms with E-state index < -0.39 is 15.8 Å². The summed E-state index contributed by atoms with van der Waals surface area (Å²) < 4.78 is 46.8. The molecule has 114 valence electrons. The molecule has 1 aromatic heterocycles. The van der Waals surface area contributed by atoms with Crippen LogP contribution >= 0.6 is 0 Å². The van der Waals surface area contributed by atoms with Gasteiger partial charge in [-0.2, -0.15) is 5.10 Å². The number of ether oxygens (including phenoxy) is 1. The Morgan fingerprint density at radius 3 is 2.81 bits per heavy atom. The molecule has 0 radical (unpaired) electrons. The zero-order chi connectivity index (χ0) is 15.5. The van der Waals surface area contributed by atoms with Crippen molar-refractivity contribution in [1.82, 2.24) is 14.5 Å². The van der Waals surface area contributed by atoms with Gasteiger partial charge in [0.05, 0.1) is 18.6 Å². The first kappa shape index (κ1) is 15.5. The lowest BCUT2D eigenvalue weighted by molar-refractivity contribution is 0.385. The number of halogens is 1. The van der Waals surface area contributed by atoms with Gasteiger partial charge in [0.1, 0.15) is 0 Å². The number of benzene rings is 1. The van der Waals surface area contributed by atoms with Crippen molar-refractivity contribution in [2.24, 2.45) is 0 Å². The van der Waals surface area contributed by atoms with E-state index in [9.17, 15) is 12.8 Å². The fourth-order valence-corrected chi connectivity index (χ4v) is 3.12. The van der Waals surface area contributed by atoms with E-state index in [1.165, 1.54) is 19.2 Å². The maximum atomic E-state index is 13.6. The molecule has 1 aromatic carbocycles. The van der Waals surface area contributed by atoms with Crippen LogP contribution in [0.4, 0.5) is 4.39 Å². The summed E-state index contributed by atoms with van der Waals surface area (Å²) >= 11 is 0. The molecule has 0 spiro atoms. The van der Waals surface area contributed by atoms with Gasteiger partial charge >= 0.3 is 0 Å². The molecule has 0 bridgehead atoms. The molecule has 2 aromatic rings. The molecule has 0 saturated heterocycles. The highest BCUT2D eigenvalue weighted by Gasteiger charge is 2.19. The standard InChI is InChI=1S/C13H16FN3O3S/c1-10(9-17-7-3-6-15-17)16-21(18,19)11-4-5-13(20-2)12(14)8-11/h3-8,10,16H,9H2,1-2H3. The largest absolute Gasteiger partial charge is 0.494 e. The molecule has 0 fully saturated rings. The Morgan fingerprint density at radius 1 is 1.48 bits per heavy atom. The van der Waals surface area contributed by atoms with Crippen LogP contribution in [-0.2, 0) is 16.6 Å².